The van der Waals surface area contributed by atoms with E-state index in [0.29, 0.717) is 6.26 Å². The van der Waals surface area contributed by atoms with Crippen molar-refractivity contribution >= 4 is 17.7 Å². The van der Waals surface area contributed by atoms with Crippen molar-refractivity contribution in [1.82, 2.24) is 10.2 Å². The zero-order valence-corrected chi connectivity index (χ0v) is 19.2. The van der Waals surface area contributed by atoms with Crippen molar-refractivity contribution in [3.63, 3.8) is 0 Å². The van der Waals surface area contributed by atoms with Crippen LogP contribution in [0.25, 0.3) is 0 Å². The summed E-state index contributed by atoms with van der Waals surface area (Å²) in [5.74, 6) is 3.34. The van der Waals surface area contributed by atoms with Gasteiger partial charge in [0.25, 0.3) is 5.78 Å². The number of nitrogens with zero attached hydrogens (tertiary/aromatic N) is 1. The first-order chi connectivity index (χ1) is 16.2. The van der Waals surface area contributed by atoms with Gasteiger partial charge in [-0.05, 0) is 27.7 Å². The number of esters is 2. The molecule has 0 aliphatic rings. The van der Waals surface area contributed by atoms with Crippen molar-refractivity contribution in [3.8, 4) is 0 Å². The monoisotopic (exact) mass is 526 g/mol. The van der Waals surface area contributed by atoms with Crippen LogP contribution >= 0.6 is 0 Å². The van der Waals surface area contributed by atoms with Crippen molar-refractivity contribution in [3.05, 3.63) is 29.3 Å². The van der Waals surface area contributed by atoms with Gasteiger partial charge in [0.15, 0.2) is 5.69 Å². The first kappa shape index (κ1) is 36.4. The molecule has 1 heterocycles. The Morgan fingerprint density at radius 3 is 1.86 bits per heavy atom. The Kier molecular flexibility index (Phi) is 19.9. The second kappa shape index (κ2) is 19.2. The Morgan fingerprint density at radius 1 is 1.00 bits per heavy atom. The fourth-order valence-corrected chi connectivity index (χ4v) is 1.59. The van der Waals surface area contributed by atoms with Gasteiger partial charge in [0.1, 0.15) is 17.4 Å². The molecule has 35 heavy (non-hydrogen) atoms. The zero-order valence-electron chi connectivity index (χ0n) is 19.2. The average Bonchev–Trinajstić information content (AvgIpc) is 3.27. The van der Waals surface area contributed by atoms with E-state index in [0.717, 1.165) is 6.20 Å². The standard InChI is InChI=1S/C9H11F3O4.C7H7F3N2O2.C2H6O.H4N2/c1-3-15-5-6(8(14)16-4-2)7(13)9(10,11)12;1-2-14-6(13)4-3-11-12-5(4)7(8,9)10;1-2-3;1-2/h5H,3-4H2,1-2H3;3H,2H2,1H3,(H,11,12);3H,2H2,1H3;1-2H2/b6-5+;;;. The smallest absolute Gasteiger partial charge is 0.455 e. The van der Waals surface area contributed by atoms with E-state index in [-0.39, 0.29) is 26.4 Å². The first-order valence-electron chi connectivity index (χ1n) is 9.54. The quantitative estimate of drug-likeness (QED) is 0.0600. The number of ketones is 1. The lowest BCUT2D eigenvalue weighted by atomic mass is 10.2. The molecule has 17 heteroatoms. The van der Waals surface area contributed by atoms with Crippen molar-refractivity contribution in [2.45, 2.75) is 40.0 Å². The van der Waals surface area contributed by atoms with Crippen molar-refractivity contribution in [1.29, 1.82) is 0 Å². The number of Topliss-reactive ketones (excluding diaryl/α,β-unsaturated/α-hetero) is 1. The van der Waals surface area contributed by atoms with Gasteiger partial charge in [0.05, 0.1) is 26.0 Å². The third-order valence-corrected chi connectivity index (χ3v) is 2.78. The lowest BCUT2D eigenvalue weighted by Gasteiger charge is -2.08. The number of rotatable bonds is 7. The van der Waals surface area contributed by atoms with E-state index in [2.05, 4.69) is 31.0 Å². The van der Waals surface area contributed by atoms with Crippen LogP contribution in [0.5, 0.6) is 0 Å². The maximum absolute atomic E-state index is 12.2. The predicted octanol–water partition coefficient (Wildman–Crippen LogP) is 2.02. The number of carbonyl (C=O) groups excluding carboxylic acids is 3. The number of hydrogen-bond acceptors (Lipinski definition) is 10. The summed E-state index contributed by atoms with van der Waals surface area (Å²) in [6, 6.07) is 0. The predicted molar refractivity (Wildman–Crippen MR) is 108 cm³/mol. The fourth-order valence-electron chi connectivity index (χ4n) is 1.59. The Morgan fingerprint density at radius 2 is 1.49 bits per heavy atom. The van der Waals surface area contributed by atoms with Gasteiger partial charge in [-0.15, -0.1) is 0 Å². The molecule has 0 aromatic carbocycles. The Bertz CT molecular complexity index is 780. The number of hydrogen-bond donors (Lipinski definition) is 4. The van der Waals surface area contributed by atoms with Gasteiger partial charge in [-0.2, -0.15) is 31.4 Å². The summed E-state index contributed by atoms with van der Waals surface area (Å²) in [6.45, 7) is 6.26. The van der Waals surface area contributed by atoms with Crippen molar-refractivity contribution in [2.75, 3.05) is 26.4 Å². The van der Waals surface area contributed by atoms with E-state index in [1.54, 1.807) is 12.0 Å². The zero-order chi connectivity index (χ0) is 28.2. The normalized spacial score (nSPS) is 10.8. The Labute approximate surface area is 196 Å². The number of halogens is 6. The topological polar surface area (TPSA) is 180 Å². The number of aromatic amines is 1. The molecular formula is C18H28F6N4O7. The maximum atomic E-state index is 12.2. The summed E-state index contributed by atoms with van der Waals surface area (Å²) in [5, 5.41) is 12.4. The van der Waals surface area contributed by atoms with Crippen LogP contribution in [-0.4, -0.2) is 65.6 Å². The molecule has 204 valence electrons. The van der Waals surface area contributed by atoms with Crippen LogP contribution < -0.4 is 11.7 Å². The minimum absolute atomic E-state index is 0.0152. The molecule has 0 aliphatic carbocycles. The van der Waals surface area contributed by atoms with Crippen LogP contribution in [0.1, 0.15) is 43.7 Å². The van der Waals surface area contributed by atoms with E-state index in [9.17, 15) is 40.7 Å². The van der Waals surface area contributed by atoms with Crippen molar-refractivity contribution in [2.24, 2.45) is 11.7 Å². The number of H-pyrrole nitrogens is 1. The highest BCUT2D eigenvalue weighted by Crippen LogP contribution is 2.30. The molecule has 0 atom stereocenters. The van der Waals surface area contributed by atoms with Crippen LogP contribution in [0.3, 0.4) is 0 Å². The minimum Gasteiger partial charge on any atom is -0.500 e. The summed E-state index contributed by atoms with van der Waals surface area (Å²) in [6.07, 6.45) is -8.50. The fraction of sp³-hybridized carbons (Fsp3) is 0.556. The molecule has 1 aromatic rings. The second-order valence-electron chi connectivity index (χ2n) is 5.23. The number of carbonyl (C=O) groups is 3. The van der Waals surface area contributed by atoms with E-state index in [1.807, 2.05) is 0 Å². The molecule has 0 fully saturated rings. The number of ether oxygens (including phenoxy) is 3. The number of alkyl halides is 6. The van der Waals surface area contributed by atoms with Crippen LogP contribution in [0.4, 0.5) is 26.3 Å². The highest BCUT2D eigenvalue weighted by atomic mass is 19.4. The number of aromatic nitrogens is 2. The lowest BCUT2D eigenvalue weighted by Crippen LogP contribution is -2.29. The molecule has 0 amide bonds. The Hall–Kier alpha value is -3.18. The van der Waals surface area contributed by atoms with Crippen LogP contribution in [0, 0.1) is 0 Å². The van der Waals surface area contributed by atoms with Crippen molar-refractivity contribution < 1.29 is 60.0 Å². The molecule has 6 N–H and O–H groups in total. The van der Waals surface area contributed by atoms with Gasteiger partial charge >= 0.3 is 24.3 Å². The molecule has 1 rings (SSSR count). The molecule has 0 aliphatic heterocycles. The number of nitrogens with one attached hydrogen (secondary N) is 1. The summed E-state index contributed by atoms with van der Waals surface area (Å²) in [5.41, 5.74) is -2.94. The summed E-state index contributed by atoms with van der Waals surface area (Å²) >= 11 is 0. The largest absolute Gasteiger partial charge is 0.500 e. The molecule has 0 unspecified atom stereocenters. The third-order valence-electron chi connectivity index (χ3n) is 2.78. The highest BCUT2D eigenvalue weighted by molar-refractivity contribution is 6.19. The Balaban J connectivity index is -0.000000496. The highest BCUT2D eigenvalue weighted by Gasteiger charge is 2.44. The number of nitrogens with two attached hydrogens (primary N) is 2. The van der Waals surface area contributed by atoms with E-state index in [1.165, 1.54) is 20.8 Å². The van der Waals surface area contributed by atoms with Gasteiger partial charge in [-0.3, -0.25) is 21.6 Å². The molecule has 0 bridgehead atoms. The molecule has 1 aromatic heterocycles. The van der Waals surface area contributed by atoms with Gasteiger partial charge < -0.3 is 19.3 Å². The number of aliphatic hydroxyl groups is 1. The van der Waals surface area contributed by atoms with E-state index >= 15 is 0 Å². The minimum atomic E-state index is -5.13. The van der Waals surface area contributed by atoms with E-state index < -0.39 is 46.9 Å². The summed E-state index contributed by atoms with van der Waals surface area (Å²) in [7, 11) is 0. The van der Waals surface area contributed by atoms with Crippen LogP contribution in [0.15, 0.2) is 18.0 Å². The van der Waals surface area contributed by atoms with Crippen LogP contribution in [0.2, 0.25) is 0 Å². The second-order valence-corrected chi connectivity index (χ2v) is 5.23. The molecule has 0 saturated heterocycles. The van der Waals surface area contributed by atoms with E-state index in [4.69, 9.17) is 5.11 Å². The first-order valence-corrected chi connectivity index (χ1v) is 9.54. The van der Waals surface area contributed by atoms with Gasteiger partial charge in [-0.25, -0.2) is 9.59 Å². The molecule has 0 radical (unpaired) electrons. The SMILES string of the molecule is CCO.CCO/C=C(/C(=O)OCC)C(=O)C(F)(F)F.CCOC(=O)c1cn[nH]c1C(F)(F)F.NN. The maximum Gasteiger partial charge on any atom is 0.455 e. The number of hydrazine groups is 1. The third kappa shape index (κ3) is 15.4. The summed E-state index contributed by atoms with van der Waals surface area (Å²) in [4.78, 5) is 32.8. The molecule has 11 nitrogen and oxygen atoms in total. The summed E-state index contributed by atoms with van der Waals surface area (Å²) < 4.78 is 86.1. The molecule has 0 spiro atoms. The lowest BCUT2D eigenvalue weighted by molar-refractivity contribution is -0.169. The molecular weight excluding hydrogens is 498 g/mol. The van der Waals surface area contributed by atoms with Gasteiger partial charge in [0, 0.05) is 6.61 Å². The van der Waals surface area contributed by atoms with Crippen LogP contribution in [-0.2, 0) is 30.0 Å². The molecule has 0 saturated carbocycles. The number of aliphatic hydroxyl groups excluding tert-OH is 1. The van der Waals surface area contributed by atoms with Gasteiger partial charge in [-0.1, -0.05) is 0 Å². The average molecular weight is 526 g/mol. The van der Waals surface area contributed by atoms with Gasteiger partial charge in [0.2, 0.25) is 0 Å².